The number of halogens is 1. The Kier molecular flexibility index (Phi) is 5.00. The number of carbonyl (C=O) groups excluding carboxylic acids is 1. The first-order valence-corrected chi connectivity index (χ1v) is 8.71. The van der Waals surface area contributed by atoms with Crippen LogP contribution in [0.15, 0.2) is 57.9 Å². The fourth-order valence-corrected chi connectivity index (χ4v) is 4.36. The summed E-state index contributed by atoms with van der Waals surface area (Å²) in [7, 11) is -3.90. The molecule has 0 bridgehead atoms. The highest BCUT2D eigenvalue weighted by Crippen LogP contribution is 2.25. The standard InChI is InChI=1S/C15H15BrN2O3S/c1-10-7-8-13(12(16)9-10)22(20,21)18-14(15(17)19)11-5-3-2-4-6-11/h2-9,14,18H,1H3,(H2,17,19). The number of carbonyl (C=O) groups is 1. The van der Waals surface area contributed by atoms with Gasteiger partial charge in [0, 0.05) is 4.47 Å². The van der Waals surface area contributed by atoms with Crippen molar-refractivity contribution in [1.29, 1.82) is 0 Å². The van der Waals surface area contributed by atoms with E-state index in [9.17, 15) is 13.2 Å². The molecule has 0 spiro atoms. The van der Waals surface area contributed by atoms with Crippen molar-refractivity contribution >= 4 is 31.9 Å². The summed E-state index contributed by atoms with van der Waals surface area (Å²) in [5, 5.41) is 0. The molecule has 3 N–H and O–H groups in total. The van der Waals surface area contributed by atoms with E-state index in [2.05, 4.69) is 20.7 Å². The molecule has 0 saturated carbocycles. The van der Waals surface area contributed by atoms with Crippen LogP contribution in [0.2, 0.25) is 0 Å². The van der Waals surface area contributed by atoms with Crippen LogP contribution in [0.1, 0.15) is 17.2 Å². The summed E-state index contributed by atoms with van der Waals surface area (Å²) in [6.45, 7) is 1.85. The van der Waals surface area contributed by atoms with Gasteiger partial charge in [0.1, 0.15) is 6.04 Å². The number of rotatable bonds is 5. The minimum absolute atomic E-state index is 0.0558. The van der Waals surface area contributed by atoms with Gasteiger partial charge in [-0.15, -0.1) is 0 Å². The minimum Gasteiger partial charge on any atom is -0.368 e. The van der Waals surface area contributed by atoms with Crippen LogP contribution in [-0.4, -0.2) is 14.3 Å². The molecule has 0 fully saturated rings. The molecule has 0 heterocycles. The average Bonchev–Trinajstić information content (AvgIpc) is 2.45. The third-order valence-electron chi connectivity index (χ3n) is 3.07. The van der Waals surface area contributed by atoms with Crippen molar-refractivity contribution in [2.24, 2.45) is 5.73 Å². The van der Waals surface area contributed by atoms with Crippen LogP contribution in [-0.2, 0) is 14.8 Å². The Morgan fingerprint density at radius 1 is 1.18 bits per heavy atom. The van der Waals surface area contributed by atoms with Crippen molar-refractivity contribution in [1.82, 2.24) is 4.72 Å². The summed E-state index contributed by atoms with van der Waals surface area (Å²) in [6, 6.07) is 12.2. The average molecular weight is 383 g/mol. The van der Waals surface area contributed by atoms with E-state index in [0.717, 1.165) is 5.56 Å². The maximum Gasteiger partial charge on any atom is 0.242 e. The van der Waals surface area contributed by atoms with Gasteiger partial charge in [0.2, 0.25) is 15.9 Å². The lowest BCUT2D eigenvalue weighted by Gasteiger charge is -2.17. The number of sulfonamides is 1. The first-order chi connectivity index (χ1) is 10.3. The van der Waals surface area contributed by atoms with Gasteiger partial charge in [0.25, 0.3) is 0 Å². The Morgan fingerprint density at radius 2 is 1.82 bits per heavy atom. The lowest BCUT2D eigenvalue weighted by atomic mass is 10.1. The lowest BCUT2D eigenvalue weighted by Crippen LogP contribution is -2.37. The molecule has 7 heteroatoms. The van der Waals surface area contributed by atoms with Crippen molar-refractivity contribution in [3.63, 3.8) is 0 Å². The first-order valence-electron chi connectivity index (χ1n) is 6.44. The number of amides is 1. The van der Waals surface area contributed by atoms with E-state index in [0.29, 0.717) is 10.0 Å². The van der Waals surface area contributed by atoms with Gasteiger partial charge in [-0.2, -0.15) is 4.72 Å². The van der Waals surface area contributed by atoms with Crippen LogP contribution in [0.4, 0.5) is 0 Å². The molecule has 1 unspecified atom stereocenters. The summed E-state index contributed by atoms with van der Waals surface area (Å²) in [4.78, 5) is 11.7. The van der Waals surface area contributed by atoms with Crippen LogP contribution in [0.25, 0.3) is 0 Å². The Hall–Kier alpha value is -1.70. The summed E-state index contributed by atoms with van der Waals surface area (Å²) < 4.78 is 27.8. The molecule has 0 aromatic heterocycles. The number of hydrogen-bond acceptors (Lipinski definition) is 3. The zero-order valence-corrected chi connectivity index (χ0v) is 14.2. The van der Waals surface area contributed by atoms with Crippen LogP contribution >= 0.6 is 15.9 Å². The molecule has 0 aliphatic heterocycles. The van der Waals surface area contributed by atoms with Gasteiger partial charge in [-0.1, -0.05) is 36.4 Å². The van der Waals surface area contributed by atoms with Gasteiger partial charge in [0.15, 0.2) is 0 Å². The van der Waals surface area contributed by atoms with Gasteiger partial charge in [0.05, 0.1) is 4.90 Å². The Balaban J connectivity index is 2.39. The van der Waals surface area contributed by atoms with Crippen molar-refractivity contribution in [3.05, 3.63) is 64.1 Å². The SMILES string of the molecule is Cc1ccc(S(=O)(=O)NC(C(N)=O)c2ccccc2)c(Br)c1. The molecule has 1 amide bonds. The lowest BCUT2D eigenvalue weighted by molar-refractivity contribution is -0.119. The van der Waals surface area contributed by atoms with Crippen molar-refractivity contribution < 1.29 is 13.2 Å². The molecular weight excluding hydrogens is 368 g/mol. The molecule has 0 aliphatic rings. The fourth-order valence-electron chi connectivity index (χ4n) is 1.98. The molecule has 5 nitrogen and oxygen atoms in total. The summed E-state index contributed by atoms with van der Waals surface area (Å²) >= 11 is 3.23. The first kappa shape index (κ1) is 16.7. The minimum atomic E-state index is -3.90. The number of aryl methyl sites for hydroxylation is 1. The third-order valence-corrected chi connectivity index (χ3v) is 5.47. The number of benzene rings is 2. The van der Waals surface area contributed by atoms with Crippen molar-refractivity contribution in [2.45, 2.75) is 17.9 Å². The van der Waals surface area contributed by atoms with Crippen LogP contribution in [0.5, 0.6) is 0 Å². The monoisotopic (exact) mass is 382 g/mol. The second-order valence-electron chi connectivity index (χ2n) is 4.80. The molecule has 2 aromatic rings. The molecule has 0 saturated heterocycles. The van der Waals surface area contributed by atoms with Gasteiger partial charge in [-0.3, -0.25) is 4.79 Å². The highest BCUT2D eigenvalue weighted by Gasteiger charge is 2.26. The van der Waals surface area contributed by atoms with Gasteiger partial charge in [-0.25, -0.2) is 8.42 Å². The summed E-state index contributed by atoms with van der Waals surface area (Å²) in [5.41, 5.74) is 6.74. The number of primary amides is 1. The summed E-state index contributed by atoms with van der Waals surface area (Å²) in [6.07, 6.45) is 0. The van der Waals surface area contributed by atoms with Crippen LogP contribution < -0.4 is 10.5 Å². The maximum absolute atomic E-state index is 12.5. The molecule has 0 aliphatic carbocycles. The number of hydrogen-bond donors (Lipinski definition) is 2. The molecule has 116 valence electrons. The zero-order valence-electron chi connectivity index (χ0n) is 11.8. The van der Waals surface area contributed by atoms with Crippen LogP contribution in [0.3, 0.4) is 0 Å². The van der Waals surface area contributed by atoms with E-state index in [1.54, 1.807) is 42.5 Å². The van der Waals surface area contributed by atoms with Gasteiger partial charge < -0.3 is 5.73 Å². The predicted octanol–water partition coefficient (Wildman–Crippen LogP) is 2.26. The van der Waals surface area contributed by atoms with E-state index in [-0.39, 0.29) is 4.90 Å². The maximum atomic E-state index is 12.5. The normalized spacial score (nSPS) is 12.8. The molecule has 2 rings (SSSR count). The van der Waals surface area contributed by atoms with Crippen LogP contribution in [0, 0.1) is 6.92 Å². The highest BCUT2D eigenvalue weighted by molar-refractivity contribution is 9.10. The predicted molar refractivity (Wildman–Crippen MR) is 87.6 cm³/mol. The van der Waals surface area contributed by atoms with E-state index in [1.165, 1.54) is 6.07 Å². The van der Waals surface area contributed by atoms with E-state index >= 15 is 0 Å². The number of nitrogens with two attached hydrogens (primary N) is 1. The third kappa shape index (κ3) is 3.73. The highest BCUT2D eigenvalue weighted by atomic mass is 79.9. The Bertz CT molecular complexity index is 792. The Morgan fingerprint density at radius 3 is 2.36 bits per heavy atom. The molecule has 1 atom stereocenters. The smallest absolute Gasteiger partial charge is 0.242 e. The van der Waals surface area contributed by atoms with Crippen molar-refractivity contribution in [2.75, 3.05) is 0 Å². The second-order valence-corrected chi connectivity index (χ2v) is 7.34. The quantitative estimate of drug-likeness (QED) is 0.830. The zero-order chi connectivity index (χ0) is 16.3. The fraction of sp³-hybridized carbons (Fsp3) is 0.133. The van der Waals surface area contributed by atoms with E-state index in [4.69, 9.17) is 5.73 Å². The topological polar surface area (TPSA) is 89.3 Å². The van der Waals surface area contributed by atoms with E-state index < -0.39 is 22.0 Å². The Labute approximate surface area is 137 Å². The largest absolute Gasteiger partial charge is 0.368 e. The molecular formula is C15H15BrN2O3S. The van der Waals surface area contributed by atoms with Crippen molar-refractivity contribution in [3.8, 4) is 0 Å². The second kappa shape index (κ2) is 6.60. The van der Waals surface area contributed by atoms with Gasteiger partial charge >= 0.3 is 0 Å². The summed E-state index contributed by atoms with van der Waals surface area (Å²) in [5.74, 6) is -0.766. The van der Waals surface area contributed by atoms with E-state index in [1.807, 2.05) is 6.92 Å². The molecule has 22 heavy (non-hydrogen) atoms. The number of nitrogens with one attached hydrogen (secondary N) is 1. The molecule has 0 radical (unpaired) electrons. The van der Waals surface area contributed by atoms with Gasteiger partial charge in [-0.05, 0) is 46.1 Å². The molecule has 2 aromatic carbocycles.